The Morgan fingerprint density at radius 1 is 1.21 bits per heavy atom. The molecule has 0 fully saturated rings. The molecule has 1 nitrogen and oxygen atoms in total. The van der Waals surface area contributed by atoms with Crippen molar-refractivity contribution < 1.29 is 8.78 Å². The molecular formula is C14H14ClF2NS. The highest BCUT2D eigenvalue weighted by Crippen LogP contribution is 2.34. The Morgan fingerprint density at radius 2 is 1.84 bits per heavy atom. The van der Waals surface area contributed by atoms with Crippen LogP contribution in [0.5, 0.6) is 0 Å². The molecule has 1 aromatic carbocycles. The van der Waals surface area contributed by atoms with Gasteiger partial charge >= 0.3 is 0 Å². The van der Waals surface area contributed by atoms with Crippen molar-refractivity contribution in [2.24, 2.45) is 0 Å². The van der Waals surface area contributed by atoms with Gasteiger partial charge in [0.2, 0.25) is 0 Å². The van der Waals surface area contributed by atoms with Crippen molar-refractivity contribution in [1.82, 2.24) is 5.32 Å². The van der Waals surface area contributed by atoms with Crippen molar-refractivity contribution in [1.29, 1.82) is 0 Å². The lowest BCUT2D eigenvalue weighted by molar-refractivity contribution is 0.567. The number of aryl methyl sites for hydroxylation is 1. The lowest BCUT2D eigenvalue weighted by Gasteiger charge is -2.17. The van der Waals surface area contributed by atoms with E-state index in [9.17, 15) is 8.78 Å². The van der Waals surface area contributed by atoms with Gasteiger partial charge in [-0.25, -0.2) is 8.78 Å². The van der Waals surface area contributed by atoms with Gasteiger partial charge in [-0.1, -0.05) is 18.5 Å². The topological polar surface area (TPSA) is 12.0 Å². The summed E-state index contributed by atoms with van der Waals surface area (Å²) < 4.78 is 27.4. The summed E-state index contributed by atoms with van der Waals surface area (Å²) in [6, 6.07) is 5.27. The van der Waals surface area contributed by atoms with Crippen LogP contribution in [-0.2, 0) is 0 Å². The average Bonchev–Trinajstić information content (AvgIpc) is 2.65. The molecule has 1 atom stereocenters. The number of rotatable bonds is 4. The molecule has 0 saturated carbocycles. The second-order valence-corrected chi connectivity index (χ2v) is 5.98. The molecule has 1 N–H and O–H groups in total. The van der Waals surface area contributed by atoms with E-state index in [4.69, 9.17) is 11.6 Å². The van der Waals surface area contributed by atoms with Crippen LogP contribution in [0.15, 0.2) is 24.3 Å². The van der Waals surface area contributed by atoms with E-state index in [0.717, 1.165) is 16.5 Å². The number of thiophene rings is 1. The van der Waals surface area contributed by atoms with Gasteiger partial charge in [0.25, 0.3) is 0 Å². The van der Waals surface area contributed by atoms with Crippen LogP contribution in [-0.4, -0.2) is 6.54 Å². The van der Waals surface area contributed by atoms with Gasteiger partial charge in [-0.3, -0.25) is 0 Å². The predicted octanol–water partition coefficient (Wildman–Crippen LogP) is 4.69. The standard InChI is InChI=1S/C14H14ClF2NS/c1-3-18-13(12-4-8(2)14(15)19-12)9-5-10(16)7-11(17)6-9/h4-7,13,18H,3H2,1-2H3. The molecule has 0 spiro atoms. The maximum absolute atomic E-state index is 13.3. The fourth-order valence-corrected chi connectivity index (χ4v) is 3.28. The van der Waals surface area contributed by atoms with Crippen LogP contribution in [0, 0.1) is 18.6 Å². The van der Waals surface area contributed by atoms with E-state index in [-0.39, 0.29) is 6.04 Å². The highest BCUT2D eigenvalue weighted by atomic mass is 35.5. The molecule has 0 aliphatic carbocycles. The molecule has 1 heterocycles. The van der Waals surface area contributed by atoms with Gasteiger partial charge < -0.3 is 5.32 Å². The van der Waals surface area contributed by atoms with Gasteiger partial charge in [0.05, 0.1) is 10.4 Å². The van der Waals surface area contributed by atoms with E-state index >= 15 is 0 Å². The Hall–Kier alpha value is -0.970. The van der Waals surface area contributed by atoms with E-state index in [2.05, 4.69) is 5.32 Å². The van der Waals surface area contributed by atoms with E-state index < -0.39 is 11.6 Å². The van der Waals surface area contributed by atoms with Crippen molar-refractivity contribution in [3.8, 4) is 0 Å². The second kappa shape index (κ2) is 5.99. The summed E-state index contributed by atoms with van der Waals surface area (Å²) in [6.45, 7) is 4.56. The number of nitrogens with one attached hydrogen (secondary N) is 1. The van der Waals surface area contributed by atoms with E-state index in [0.29, 0.717) is 16.4 Å². The molecule has 102 valence electrons. The van der Waals surface area contributed by atoms with Gasteiger partial charge in [0.15, 0.2) is 0 Å². The fraction of sp³-hybridized carbons (Fsp3) is 0.286. The first-order valence-electron chi connectivity index (χ1n) is 5.96. The molecule has 0 radical (unpaired) electrons. The molecule has 2 aromatic rings. The number of benzene rings is 1. The minimum absolute atomic E-state index is 0.244. The molecule has 0 aliphatic rings. The first kappa shape index (κ1) is 14.4. The third kappa shape index (κ3) is 3.32. The molecule has 1 unspecified atom stereocenters. The summed E-state index contributed by atoms with van der Waals surface area (Å²) in [6.07, 6.45) is 0. The molecule has 0 saturated heterocycles. The van der Waals surface area contributed by atoms with Gasteiger partial charge in [-0.2, -0.15) is 0 Å². The van der Waals surface area contributed by atoms with Crippen molar-refractivity contribution in [3.05, 3.63) is 56.2 Å². The number of halogens is 3. The third-order valence-electron chi connectivity index (χ3n) is 2.79. The summed E-state index contributed by atoms with van der Waals surface area (Å²) in [5, 5.41) is 3.23. The van der Waals surface area contributed by atoms with Crippen LogP contribution < -0.4 is 5.32 Å². The first-order valence-corrected chi connectivity index (χ1v) is 7.16. The van der Waals surface area contributed by atoms with Gasteiger partial charge in [0, 0.05) is 10.9 Å². The third-order valence-corrected chi connectivity index (χ3v) is 4.41. The molecular weight excluding hydrogens is 288 g/mol. The smallest absolute Gasteiger partial charge is 0.126 e. The molecule has 2 rings (SSSR count). The first-order chi connectivity index (χ1) is 9.01. The maximum atomic E-state index is 13.3. The Kier molecular flexibility index (Phi) is 4.55. The quantitative estimate of drug-likeness (QED) is 0.864. The molecule has 1 aromatic heterocycles. The van der Waals surface area contributed by atoms with Crippen LogP contribution in [0.4, 0.5) is 8.78 Å². The molecule has 0 bridgehead atoms. The highest BCUT2D eigenvalue weighted by molar-refractivity contribution is 7.16. The number of hydrogen-bond acceptors (Lipinski definition) is 2. The predicted molar refractivity (Wildman–Crippen MR) is 75.9 cm³/mol. The van der Waals surface area contributed by atoms with Crippen LogP contribution in [0.2, 0.25) is 4.34 Å². The zero-order valence-corrected chi connectivity index (χ0v) is 12.2. The van der Waals surface area contributed by atoms with Gasteiger partial charge in [-0.15, -0.1) is 11.3 Å². The molecule has 19 heavy (non-hydrogen) atoms. The van der Waals surface area contributed by atoms with Crippen molar-refractivity contribution in [2.45, 2.75) is 19.9 Å². The largest absolute Gasteiger partial charge is 0.306 e. The Balaban J connectivity index is 2.44. The minimum atomic E-state index is -0.572. The van der Waals surface area contributed by atoms with Crippen LogP contribution in [0.3, 0.4) is 0 Å². The Bertz CT molecular complexity index is 543. The zero-order chi connectivity index (χ0) is 14.0. The van der Waals surface area contributed by atoms with E-state index in [1.165, 1.54) is 23.5 Å². The summed E-state index contributed by atoms with van der Waals surface area (Å²) >= 11 is 7.49. The zero-order valence-electron chi connectivity index (χ0n) is 10.6. The van der Waals surface area contributed by atoms with E-state index in [1.807, 2.05) is 19.9 Å². The van der Waals surface area contributed by atoms with Crippen LogP contribution >= 0.6 is 22.9 Å². The van der Waals surface area contributed by atoms with Crippen molar-refractivity contribution in [3.63, 3.8) is 0 Å². The lowest BCUT2D eigenvalue weighted by atomic mass is 10.0. The van der Waals surface area contributed by atoms with Crippen molar-refractivity contribution in [2.75, 3.05) is 6.54 Å². The second-order valence-electron chi connectivity index (χ2n) is 4.30. The molecule has 0 aliphatic heterocycles. The Morgan fingerprint density at radius 3 is 2.32 bits per heavy atom. The van der Waals surface area contributed by atoms with Gasteiger partial charge in [0.1, 0.15) is 11.6 Å². The lowest BCUT2D eigenvalue weighted by Crippen LogP contribution is -2.21. The highest BCUT2D eigenvalue weighted by Gasteiger charge is 2.18. The van der Waals surface area contributed by atoms with Crippen molar-refractivity contribution >= 4 is 22.9 Å². The normalized spacial score (nSPS) is 12.7. The Labute approximate surface area is 120 Å². The fourth-order valence-electron chi connectivity index (χ4n) is 1.95. The SMILES string of the molecule is CCNC(c1cc(F)cc(F)c1)c1cc(C)c(Cl)s1. The monoisotopic (exact) mass is 301 g/mol. The molecule has 5 heteroatoms. The van der Waals surface area contributed by atoms with Gasteiger partial charge in [-0.05, 0) is 42.8 Å². The van der Waals surface area contributed by atoms with Crippen LogP contribution in [0.25, 0.3) is 0 Å². The molecule has 0 amide bonds. The summed E-state index contributed by atoms with van der Waals surface area (Å²) in [4.78, 5) is 0.953. The van der Waals surface area contributed by atoms with Crippen LogP contribution in [0.1, 0.15) is 29.0 Å². The summed E-state index contributed by atoms with van der Waals surface area (Å²) in [7, 11) is 0. The summed E-state index contributed by atoms with van der Waals surface area (Å²) in [5.41, 5.74) is 1.54. The summed E-state index contributed by atoms with van der Waals surface area (Å²) in [5.74, 6) is -1.14. The average molecular weight is 302 g/mol. The van der Waals surface area contributed by atoms with E-state index in [1.54, 1.807) is 0 Å². The number of hydrogen-bond donors (Lipinski definition) is 1. The maximum Gasteiger partial charge on any atom is 0.126 e. The minimum Gasteiger partial charge on any atom is -0.306 e.